The van der Waals surface area contributed by atoms with Gasteiger partial charge in [0.05, 0.1) is 0 Å². The Morgan fingerprint density at radius 1 is 1.50 bits per heavy atom. The van der Waals surface area contributed by atoms with Crippen LogP contribution in [0.3, 0.4) is 0 Å². The maximum Gasteiger partial charge on any atom is 0.127 e. The van der Waals surface area contributed by atoms with Crippen LogP contribution in [-0.2, 0) is 6.54 Å². The van der Waals surface area contributed by atoms with E-state index in [4.69, 9.17) is 11.6 Å². The van der Waals surface area contributed by atoms with Gasteiger partial charge in [-0.3, -0.25) is 4.90 Å². The molecule has 0 radical (unpaired) electrons. The van der Waals surface area contributed by atoms with Gasteiger partial charge in [0.1, 0.15) is 5.82 Å². The highest BCUT2D eigenvalue weighted by atomic mass is 35.5. The minimum Gasteiger partial charge on any atom is -0.319 e. The number of rotatable bonds is 4. The molecule has 1 fully saturated rings. The number of nitrogens with zero attached hydrogens (tertiary/aromatic N) is 1. The predicted molar refractivity (Wildman–Crippen MR) is 73.3 cm³/mol. The van der Waals surface area contributed by atoms with Crippen molar-refractivity contribution in [2.24, 2.45) is 5.41 Å². The first-order valence-corrected chi connectivity index (χ1v) is 6.71. The number of benzene rings is 1. The summed E-state index contributed by atoms with van der Waals surface area (Å²) in [6, 6.07) is 4.76. The van der Waals surface area contributed by atoms with Gasteiger partial charge in [-0.15, -0.1) is 0 Å². The summed E-state index contributed by atoms with van der Waals surface area (Å²) in [7, 11) is 1.98. The van der Waals surface area contributed by atoms with Crippen molar-refractivity contribution in [3.05, 3.63) is 34.6 Å². The quantitative estimate of drug-likeness (QED) is 0.905. The molecule has 1 heterocycles. The molecule has 1 aromatic carbocycles. The third-order valence-electron chi connectivity index (χ3n) is 3.64. The number of hydrogen-bond acceptors (Lipinski definition) is 2. The van der Waals surface area contributed by atoms with Crippen molar-refractivity contribution in [1.82, 2.24) is 10.2 Å². The van der Waals surface area contributed by atoms with E-state index >= 15 is 0 Å². The number of hydrogen-bond donors (Lipinski definition) is 1. The van der Waals surface area contributed by atoms with Gasteiger partial charge >= 0.3 is 0 Å². The summed E-state index contributed by atoms with van der Waals surface area (Å²) in [6.07, 6.45) is 1.15. The molecule has 1 atom stereocenters. The molecule has 1 aliphatic rings. The Bertz CT molecular complexity index is 424. The monoisotopic (exact) mass is 270 g/mol. The highest BCUT2D eigenvalue weighted by Gasteiger charge is 2.33. The van der Waals surface area contributed by atoms with Gasteiger partial charge < -0.3 is 5.32 Å². The van der Waals surface area contributed by atoms with E-state index in [1.54, 1.807) is 12.1 Å². The van der Waals surface area contributed by atoms with Gasteiger partial charge in [-0.2, -0.15) is 0 Å². The van der Waals surface area contributed by atoms with E-state index in [1.165, 1.54) is 6.07 Å². The normalized spacial score (nSPS) is 24.7. The van der Waals surface area contributed by atoms with Crippen LogP contribution < -0.4 is 5.32 Å². The zero-order valence-corrected chi connectivity index (χ0v) is 11.7. The van der Waals surface area contributed by atoms with E-state index < -0.39 is 0 Å². The number of likely N-dealkylation sites (tertiary alicyclic amines) is 1. The standard InChI is InChI=1S/C14H20ClFN2/c1-14(9-17-2)5-6-18(10-14)8-11-7-12(15)3-4-13(11)16/h3-4,7,17H,5-6,8-10H2,1-2H3. The van der Waals surface area contributed by atoms with Gasteiger partial charge in [-0.1, -0.05) is 18.5 Å². The fourth-order valence-electron chi connectivity index (χ4n) is 2.74. The maximum atomic E-state index is 13.7. The van der Waals surface area contributed by atoms with Crippen LogP contribution in [0.25, 0.3) is 0 Å². The van der Waals surface area contributed by atoms with E-state index in [1.807, 2.05) is 7.05 Å². The van der Waals surface area contributed by atoms with Crippen LogP contribution in [0.1, 0.15) is 18.9 Å². The Balaban J connectivity index is 2.01. The molecule has 0 aliphatic carbocycles. The van der Waals surface area contributed by atoms with Crippen molar-refractivity contribution in [2.45, 2.75) is 19.9 Å². The highest BCUT2D eigenvalue weighted by molar-refractivity contribution is 6.30. The van der Waals surface area contributed by atoms with Crippen LogP contribution in [0.4, 0.5) is 4.39 Å². The first-order valence-electron chi connectivity index (χ1n) is 6.33. The first-order chi connectivity index (χ1) is 8.52. The molecule has 0 aromatic heterocycles. The molecule has 0 bridgehead atoms. The van der Waals surface area contributed by atoms with Crippen LogP contribution >= 0.6 is 11.6 Å². The molecule has 0 spiro atoms. The van der Waals surface area contributed by atoms with E-state index in [0.29, 0.717) is 22.5 Å². The summed E-state index contributed by atoms with van der Waals surface area (Å²) in [5.74, 6) is -0.165. The van der Waals surface area contributed by atoms with Gasteiger partial charge in [-0.05, 0) is 43.6 Å². The topological polar surface area (TPSA) is 15.3 Å². The summed E-state index contributed by atoms with van der Waals surface area (Å²) in [5.41, 5.74) is 0.986. The minimum atomic E-state index is -0.165. The molecular formula is C14H20ClFN2. The van der Waals surface area contributed by atoms with Crippen LogP contribution in [0.2, 0.25) is 5.02 Å². The number of nitrogens with one attached hydrogen (secondary N) is 1. The van der Waals surface area contributed by atoms with E-state index in [0.717, 1.165) is 26.1 Å². The van der Waals surface area contributed by atoms with Gasteiger partial charge in [0, 0.05) is 30.2 Å². The first kappa shape index (κ1) is 13.8. The molecule has 4 heteroatoms. The molecular weight excluding hydrogens is 251 g/mol. The average Bonchev–Trinajstić information content (AvgIpc) is 2.66. The van der Waals surface area contributed by atoms with Crippen molar-refractivity contribution in [3.8, 4) is 0 Å². The van der Waals surface area contributed by atoms with Crippen molar-refractivity contribution in [2.75, 3.05) is 26.7 Å². The Morgan fingerprint density at radius 3 is 3.00 bits per heavy atom. The second-order valence-electron chi connectivity index (χ2n) is 5.54. The highest BCUT2D eigenvalue weighted by Crippen LogP contribution is 2.30. The lowest BCUT2D eigenvalue weighted by Crippen LogP contribution is -2.33. The lowest BCUT2D eigenvalue weighted by Gasteiger charge is -2.24. The summed E-state index contributed by atoms with van der Waals surface area (Å²) in [6.45, 7) is 5.94. The average molecular weight is 271 g/mol. The molecule has 1 N–H and O–H groups in total. The molecule has 1 aliphatic heterocycles. The van der Waals surface area contributed by atoms with Crippen LogP contribution in [0.15, 0.2) is 18.2 Å². The van der Waals surface area contributed by atoms with Gasteiger partial charge in [0.15, 0.2) is 0 Å². The summed E-state index contributed by atoms with van der Waals surface area (Å²) in [4.78, 5) is 2.30. The second kappa shape index (κ2) is 5.55. The Hall–Kier alpha value is -0.640. The summed E-state index contributed by atoms with van der Waals surface area (Å²) < 4.78 is 13.7. The van der Waals surface area contributed by atoms with Crippen LogP contribution in [-0.4, -0.2) is 31.6 Å². The smallest absolute Gasteiger partial charge is 0.127 e. The fraction of sp³-hybridized carbons (Fsp3) is 0.571. The Labute approximate surface area is 113 Å². The molecule has 18 heavy (non-hydrogen) atoms. The van der Waals surface area contributed by atoms with E-state index in [2.05, 4.69) is 17.1 Å². The SMILES string of the molecule is CNCC1(C)CCN(Cc2cc(Cl)ccc2F)C1. The summed E-state index contributed by atoms with van der Waals surface area (Å²) in [5, 5.41) is 3.83. The molecule has 0 saturated carbocycles. The molecule has 100 valence electrons. The zero-order valence-electron chi connectivity index (χ0n) is 11.0. The molecule has 2 rings (SSSR count). The van der Waals surface area contributed by atoms with Crippen molar-refractivity contribution in [1.29, 1.82) is 0 Å². The van der Waals surface area contributed by atoms with E-state index in [9.17, 15) is 4.39 Å². The third-order valence-corrected chi connectivity index (χ3v) is 3.88. The predicted octanol–water partition coefficient (Wildman–Crippen LogP) is 2.91. The molecule has 1 saturated heterocycles. The summed E-state index contributed by atoms with van der Waals surface area (Å²) >= 11 is 5.91. The minimum absolute atomic E-state index is 0.165. The lowest BCUT2D eigenvalue weighted by molar-refractivity contribution is 0.263. The zero-order chi connectivity index (χ0) is 13.2. The maximum absolute atomic E-state index is 13.7. The largest absolute Gasteiger partial charge is 0.319 e. The fourth-order valence-corrected chi connectivity index (χ4v) is 2.93. The van der Waals surface area contributed by atoms with Crippen LogP contribution in [0, 0.1) is 11.2 Å². The van der Waals surface area contributed by atoms with Crippen LogP contribution in [0.5, 0.6) is 0 Å². The molecule has 0 amide bonds. The molecule has 2 nitrogen and oxygen atoms in total. The van der Waals surface area contributed by atoms with Crippen molar-refractivity contribution in [3.63, 3.8) is 0 Å². The number of halogens is 2. The third kappa shape index (κ3) is 3.22. The van der Waals surface area contributed by atoms with Gasteiger partial charge in [-0.25, -0.2) is 4.39 Å². The Kier molecular flexibility index (Phi) is 4.25. The lowest BCUT2D eigenvalue weighted by atomic mass is 9.90. The molecule has 1 unspecified atom stereocenters. The van der Waals surface area contributed by atoms with E-state index in [-0.39, 0.29) is 5.82 Å². The Morgan fingerprint density at radius 2 is 2.28 bits per heavy atom. The van der Waals surface area contributed by atoms with Crippen molar-refractivity contribution >= 4 is 11.6 Å². The molecule has 1 aromatic rings. The van der Waals surface area contributed by atoms with Gasteiger partial charge in [0.25, 0.3) is 0 Å². The van der Waals surface area contributed by atoms with Gasteiger partial charge in [0.2, 0.25) is 0 Å². The van der Waals surface area contributed by atoms with Crippen molar-refractivity contribution < 1.29 is 4.39 Å². The second-order valence-corrected chi connectivity index (χ2v) is 5.97.